The van der Waals surface area contributed by atoms with E-state index in [-0.39, 0.29) is 0 Å². The van der Waals surface area contributed by atoms with Crippen LogP contribution in [0, 0.1) is 13.8 Å². The largest absolute Gasteiger partial charge is 0.493 e. The van der Waals surface area contributed by atoms with Gasteiger partial charge in [0.25, 0.3) is 0 Å². The van der Waals surface area contributed by atoms with Crippen molar-refractivity contribution in [2.24, 2.45) is 0 Å². The summed E-state index contributed by atoms with van der Waals surface area (Å²) >= 11 is 0. The summed E-state index contributed by atoms with van der Waals surface area (Å²) in [4.78, 5) is 17.4. The highest BCUT2D eigenvalue weighted by atomic mass is 16.5. The van der Waals surface area contributed by atoms with E-state index >= 15 is 0 Å². The molecule has 3 aromatic rings. The molecule has 0 amide bonds. The van der Waals surface area contributed by atoms with Gasteiger partial charge in [0.1, 0.15) is 11.6 Å². The van der Waals surface area contributed by atoms with Crippen LogP contribution in [0.1, 0.15) is 61.2 Å². The third-order valence-electron chi connectivity index (χ3n) is 6.13. The molecule has 0 bridgehead atoms. The first-order chi connectivity index (χ1) is 16.6. The Balaban J connectivity index is 1.86. The van der Waals surface area contributed by atoms with E-state index in [1.807, 2.05) is 77.1 Å². The molecule has 2 aromatic carbocycles. The molecule has 0 radical (unpaired) electrons. The van der Waals surface area contributed by atoms with E-state index in [4.69, 9.17) is 14.5 Å². The Morgan fingerprint density at radius 1 is 1.17 bits per heavy atom. The molecule has 0 fully saturated rings. The number of benzene rings is 2. The molecule has 35 heavy (non-hydrogen) atoms. The molecule has 1 aromatic heterocycles. The number of anilines is 1. The van der Waals surface area contributed by atoms with Gasteiger partial charge in [-0.05, 0) is 81.8 Å². The maximum absolute atomic E-state index is 12.6. The van der Waals surface area contributed by atoms with Crippen molar-refractivity contribution in [2.45, 2.75) is 65.7 Å². The van der Waals surface area contributed by atoms with Crippen LogP contribution in [0.2, 0.25) is 0 Å². The molecule has 184 valence electrons. The number of fused-ring (bicyclic) bond motifs is 1. The summed E-state index contributed by atoms with van der Waals surface area (Å²) in [6.07, 6.45) is 0.755. The summed E-state index contributed by atoms with van der Waals surface area (Å²) in [5, 5.41) is 13.7. The smallest absolute Gasteiger partial charge is 0.337 e. The van der Waals surface area contributed by atoms with Gasteiger partial charge in [-0.25, -0.2) is 9.78 Å². The molecule has 1 unspecified atom stereocenters. The average Bonchev–Trinajstić information content (AvgIpc) is 2.82. The molecule has 1 atom stereocenters. The third-order valence-corrected chi connectivity index (χ3v) is 6.13. The number of hydrogen-bond acceptors (Lipinski definition) is 5. The van der Waals surface area contributed by atoms with Crippen LogP contribution >= 0.6 is 0 Å². The van der Waals surface area contributed by atoms with Crippen molar-refractivity contribution >= 4 is 11.8 Å². The Bertz CT molecular complexity index is 1220. The highest BCUT2D eigenvalue weighted by Crippen LogP contribution is 2.41. The van der Waals surface area contributed by atoms with E-state index in [0.29, 0.717) is 17.9 Å². The van der Waals surface area contributed by atoms with Crippen LogP contribution in [0.4, 0.5) is 5.82 Å². The third kappa shape index (κ3) is 5.65. The number of carboxylic acid groups (broad SMARTS) is 1. The van der Waals surface area contributed by atoms with Gasteiger partial charge >= 0.3 is 5.97 Å². The monoisotopic (exact) mass is 474 g/mol. The van der Waals surface area contributed by atoms with Gasteiger partial charge in [-0.1, -0.05) is 36.4 Å². The molecule has 6 nitrogen and oxygen atoms in total. The van der Waals surface area contributed by atoms with E-state index in [2.05, 4.69) is 11.4 Å². The fraction of sp³-hybridized carbons (Fsp3) is 0.379. The number of ether oxygens (including phenoxy) is 2. The summed E-state index contributed by atoms with van der Waals surface area (Å²) in [5.74, 6) is 0.533. The normalized spacial score (nSPS) is 14.1. The summed E-state index contributed by atoms with van der Waals surface area (Å²) in [6, 6.07) is 16.1. The molecule has 0 saturated heterocycles. The molecule has 6 heteroatoms. The Morgan fingerprint density at radius 2 is 1.91 bits per heavy atom. The van der Waals surface area contributed by atoms with Crippen molar-refractivity contribution in [3.63, 3.8) is 0 Å². The van der Waals surface area contributed by atoms with Crippen LogP contribution in [0.5, 0.6) is 5.75 Å². The zero-order valence-electron chi connectivity index (χ0n) is 21.1. The molecule has 0 saturated carbocycles. The lowest BCUT2D eigenvalue weighted by atomic mass is 9.89. The van der Waals surface area contributed by atoms with Crippen molar-refractivity contribution < 1.29 is 19.4 Å². The van der Waals surface area contributed by atoms with E-state index < -0.39 is 17.7 Å². The number of aryl methyl sites for hydroxylation is 2. The number of aliphatic carboxylic acids is 1. The van der Waals surface area contributed by atoms with Crippen LogP contribution in [-0.4, -0.2) is 28.3 Å². The van der Waals surface area contributed by atoms with Gasteiger partial charge in [-0.15, -0.1) is 0 Å². The van der Waals surface area contributed by atoms with Gasteiger partial charge in [0.2, 0.25) is 0 Å². The van der Waals surface area contributed by atoms with Crippen molar-refractivity contribution in [2.75, 3.05) is 11.9 Å². The van der Waals surface area contributed by atoms with Crippen molar-refractivity contribution in [1.29, 1.82) is 0 Å². The Morgan fingerprint density at radius 3 is 2.60 bits per heavy atom. The van der Waals surface area contributed by atoms with Gasteiger partial charge < -0.3 is 19.9 Å². The second-order valence-corrected chi connectivity index (χ2v) is 10.0. The van der Waals surface area contributed by atoms with Gasteiger partial charge in [0.05, 0.1) is 12.2 Å². The first kappa shape index (κ1) is 24.7. The number of hydrogen-bond donors (Lipinski definition) is 2. The predicted octanol–water partition coefficient (Wildman–Crippen LogP) is 6.24. The minimum atomic E-state index is -1.14. The number of aromatic nitrogens is 1. The fourth-order valence-electron chi connectivity index (χ4n) is 4.57. The zero-order valence-corrected chi connectivity index (χ0v) is 21.1. The number of nitrogens with zero attached hydrogens (tertiary/aromatic N) is 1. The summed E-state index contributed by atoms with van der Waals surface area (Å²) in [5.41, 5.74) is 5.49. The van der Waals surface area contributed by atoms with E-state index in [9.17, 15) is 9.90 Å². The van der Waals surface area contributed by atoms with Crippen LogP contribution in [-0.2, 0) is 22.5 Å². The molecule has 2 N–H and O–H groups in total. The highest BCUT2D eigenvalue weighted by Gasteiger charge is 2.33. The fourth-order valence-corrected chi connectivity index (χ4v) is 4.57. The summed E-state index contributed by atoms with van der Waals surface area (Å²) in [6.45, 7) is 10.8. The van der Waals surface area contributed by atoms with E-state index in [1.165, 1.54) is 0 Å². The molecule has 1 aliphatic heterocycles. The molecule has 4 rings (SSSR count). The first-order valence-corrected chi connectivity index (χ1v) is 12.1. The number of carbonyl (C=O) groups is 1. The average molecular weight is 475 g/mol. The van der Waals surface area contributed by atoms with Crippen LogP contribution in [0.25, 0.3) is 11.1 Å². The maximum Gasteiger partial charge on any atom is 0.337 e. The van der Waals surface area contributed by atoms with E-state index in [1.54, 1.807) is 0 Å². The predicted molar refractivity (Wildman–Crippen MR) is 138 cm³/mol. The molecule has 2 heterocycles. The number of pyridine rings is 1. The lowest BCUT2D eigenvalue weighted by Crippen LogP contribution is -2.28. The summed E-state index contributed by atoms with van der Waals surface area (Å²) in [7, 11) is 0. The van der Waals surface area contributed by atoms with E-state index in [0.717, 1.165) is 58.7 Å². The van der Waals surface area contributed by atoms with Gasteiger partial charge in [-0.3, -0.25) is 0 Å². The van der Waals surface area contributed by atoms with Gasteiger partial charge in [-0.2, -0.15) is 0 Å². The van der Waals surface area contributed by atoms with Gasteiger partial charge in [0.15, 0.2) is 6.10 Å². The molecular formula is C29H34N2O4. The Kier molecular flexibility index (Phi) is 7.13. The topological polar surface area (TPSA) is 80.7 Å². The first-order valence-electron chi connectivity index (χ1n) is 12.1. The number of rotatable bonds is 7. The maximum atomic E-state index is 12.6. The Hall–Kier alpha value is -3.38. The molecular weight excluding hydrogens is 440 g/mol. The number of nitrogens with one attached hydrogen (secondary N) is 1. The molecule has 0 aliphatic carbocycles. The molecule has 0 spiro atoms. The van der Waals surface area contributed by atoms with Gasteiger partial charge in [0, 0.05) is 23.4 Å². The lowest BCUT2D eigenvalue weighted by Gasteiger charge is -2.29. The minimum Gasteiger partial charge on any atom is -0.493 e. The van der Waals surface area contributed by atoms with Crippen LogP contribution in [0.15, 0.2) is 48.5 Å². The number of carboxylic acids is 1. The second kappa shape index (κ2) is 10.1. The minimum absolute atomic E-state index is 0.584. The Labute approximate surface area is 207 Å². The summed E-state index contributed by atoms with van der Waals surface area (Å²) < 4.78 is 11.9. The SMILES string of the molecule is Cc1nc(NCc2ccccc2)c(C)c(C(OC(C)(C)C)C(=O)O)c1-c1ccc2c(c1)CCCO2. The lowest BCUT2D eigenvalue weighted by molar-refractivity contribution is -0.160. The molecule has 1 aliphatic rings. The van der Waals surface area contributed by atoms with Crippen LogP contribution in [0.3, 0.4) is 0 Å². The zero-order chi connectivity index (χ0) is 25.2. The van der Waals surface area contributed by atoms with Crippen molar-refractivity contribution in [3.8, 4) is 16.9 Å². The quantitative estimate of drug-likeness (QED) is 0.422. The standard InChI is InChI=1S/C29H34N2O4/c1-18-24(26(28(32)33)35-29(3,4)5)25(22-13-14-23-21(16-22)12-9-15-34-23)19(2)31-27(18)30-17-20-10-7-6-8-11-20/h6-8,10-11,13-14,16,26H,9,12,15,17H2,1-5H3,(H,30,31)(H,32,33). The van der Waals surface area contributed by atoms with Crippen molar-refractivity contribution in [3.05, 3.63) is 76.5 Å². The van der Waals surface area contributed by atoms with Crippen LogP contribution < -0.4 is 10.1 Å². The highest BCUT2D eigenvalue weighted by molar-refractivity contribution is 5.83. The van der Waals surface area contributed by atoms with Crippen molar-refractivity contribution in [1.82, 2.24) is 4.98 Å². The second-order valence-electron chi connectivity index (χ2n) is 10.0.